The van der Waals surface area contributed by atoms with Gasteiger partial charge in [0.15, 0.2) is 0 Å². The van der Waals surface area contributed by atoms with E-state index < -0.39 is 7.82 Å². The Morgan fingerprint density at radius 1 is 1.12 bits per heavy atom. The molecule has 0 unspecified atom stereocenters. The summed E-state index contributed by atoms with van der Waals surface area (Å²) in [5, 5.41) is 0. The topological polar surface area (TPSA) is 86.2 Å². The Morgan fingerprint density at radius 2 is 1.12 bits per heavy atom. The fourth-order valence-corrected chi connectivity index (χ4v) is 0. The van der Waals surface area contributed by atoms with Crippen molar-refractivity contribution in [2.45, 2.75) is 0 Å². The van der Waals surface area contributed by atoms with Crippen molar-refractivity contribution in [2.75, 3.05) is 0 Å². The molecular formula is BaNiO4PZr+5. The van der Waals surface area contributed by atoms with Gasteiger partial charge in [-0.3, -0.25) is 0 Å². The van der Waals surface area contributed by atoms with Gasteiger partial charge in [-0.1, -0.05) is 0 Å². The van der Waals surface area contributed by atoms with Crippen LogP contribution in [0.5, 0.6) is 0 Å². The molecule has 0 aliphatic carbocycles. The molecule has 0 bridgehead atoms. The van der Waals surface area contributed by atoms with Crippen LogP contribution in [-0.2, 0) is 47.3 Å². The van der Waals surface area contributed by atoms with Crippen LogP contribution >= 0.6 is 7.82 Å². The van der Waals surface area contributed by atoms with Gasteiger partial charge in [0.05, 0.1) is 0 Å². The second kappa shape index (κ2) is 10.1. The van der Waals surface area contributed by atoms with Crippen LogP contribution in [0.15, 0.2) is 0 Å². The Kier molecular flexibility index (Phi) is 28.2. The molecule has 8 heteroatoms. The monoisotopic (exact) mass is 381 g/mol. The smallest absolute Gasteiger partial charge is 0.822 e. The van der Waals surface area contributed by atoms with Crippen LogP contribution in [0.4, 0.5) is 0 Å². The first kappa shape index (κ1) is 22.5. The first-order valence-electron chi connectivity index (χ1n) is 0.730. The van der Waals surface area contributed by atoms with Crippen molar-refractivity contribution in [3.63, 3.8) is 0 Å². The largest absolute Gasteiger partial charge is 4.00 e. The summed E-state index contributed by atoms with van der Waals surface area (Å²) < 4.78 is 8.55. The van der Waals surface area contributed by atoms with Crippen LogP contribution in [-0.4, -0.2) is 48.9 Å². The standard InChI is InChI=1S/Ba.Ni.H3O4P.Zr/c;;1-5(2,3)4;/h;;(H3,1,2,3,4);/q2*+2;;+4/p-3. The van der Waals surface area contributed by atoms with Crippen molar-refractivity contribution in [1.82, 2.24) is 0 Å². The maximum Gasteiger partial charge on any atom is 4.00 e. The molecule has 0 aliphatic rings. The molecule has 0 radical (unpaired) electrons. The molecule has 0 saturated carbocycles. The quantitative estimate of drug-likeness (QED) is 0.326. The zero-order valence-corrected chi connectivity index (χ0v) is 12.4. The average Bonchev–Trinajstić information content (AvgIpc) is 0.722. The summed E-state index contributed by atoms with van der Waals surface area (Å²) in [7, 11) is -5.39. The molecule has 0 N–H and O–H groups in total. The number of hydrogen-bond acceptors (Lipinski definition) is 4. The molecule has 40 valence electrons. The SMILES string of the molecule is O=P([O-])([O-])[O-].[Ba+2].[Ni+2].[Zr+4]. The zero-order chi connectivity index (χ0) is 4.50. The molecule has 0 aromatic carbocycles. The van der Waals surface area contributed by atoms with Gasteiger partial charge in [0.25, 0.3) is 0 Å². The first-order chi connectivity index (χ1) is 2.00. The van der Waals surface area contributed by atoms with Gasteiger partial charge < -0.3 is 19.2 Å². The first-order valence-corrected chi connectivity index (χ1v) is 2.19. The van der Waals surface area contributed by atoms with Crippen molar-refractivity contribution in [1.29, 1.82) is 0 Å². The maximum absolute atomic E-state index is 8.55. The molecule has 0 aliphatic heterocycles. The molecule has 0 rings (SSSR count). The van der Waals surface area contributed by atoms with Gasteiger partial charge >= 0.3 is 91.6 Å². The van der Waals surface area contributed by atoms with Gasteiger partial charge in [-0.15, -0.1) is 0 Å². The molecule has 8 heavy (non-hydrogen) atoms. The van der Waals surface area contributed by atoms with E-state index in [1.165, 1.54) is 0 Å². The van der Waals surface area contributed by atoms with Crippen molar-refractivity contribution < 1.29 is 61.9 Å². The van der Waals surface area contributed by atoms with Crippen LogP contribution in [0.3, 0.4) is 0 Å². The summed E-state index contributed by atoms with van der Waals surface area (Å²) in [5.74, 6) is 0. The minimum Gasteiger partial charge on any atom is -0.822 e. The normalized spacial score (nSPS) is 7.38. The molecule has 0 amide bonds. The van der Waals surface area contributed by atoms with Gasteiger partial charge in [0, 0.05) is 0 Å². The van der Waals surface area contributed by atoms with Crippen LogP contribution in [0.2, 0.25) is 0 Å². The van der Waals surface area contributed by atoms with E-state index in [0.717, 1.165) is 0 Å². The maximum atomic E-state index is 8.55. The summed E-state index contributed by atoms with van der Waals surface area (Å²) >= 11 is 0. The van der Waals surface area contributed by atoms with E-state index in [1.54, 1.807) is 0 Å². The van der Waals surface area contributed by atoms with Crippen LogP contribution < -0.4 is 14.7 Å². The Bertz CT molecular complexity index is 62.2. The van der Waals surface area contributed by atoms with Gasteiger partial charge in [-0.25, -0.2) is 0 Å². The summed E-state index contributed by atoms with van der Waals surface area (Å²) in [6, 6.07) is 0. The third kappa shape index (κ3) is 62.9. The summed E-state index contributed by atoms with van der Waals surface area (Å²) in [6.07, 6.45) is 0. The molecule has 0 heterocycles. The fraction of sp³-hybridized carbons (Fsp3) is 0. The third-order valence-corrected chi connectivity index (χ3v) is 0. The fourth-order valence-electron chi connectivity index (χ4n) is 0. The summed E-state index contributed by atoms with van der Waals surface area (Å²) in [5.41, 5.74) is 0. The van der Waals surface area contributed by atoms with E-state index in [2.05, 4.69) is 0 Å². The van der Waals surface area contributed by atoms with E-state index >= 15 is 0 Å². The number of rotatable bonds is 0. The van der Waals surface area contributed by atoms with E-state index in [1.807, 2.05) is 0 Å². The van der Waals surface area contributed by atoms with Gasteiger partial charge in [0.2, 0.25) is 0 Å². The van der Waals surface area contributed by atoms with Crippen molar-refractivity contribution in [3.8, 4) is 0 Å². The van der Waals surface area contributed by atoms with E-state index in [4.69, 9.17) is 19.2 Å². The molecule has 0 aromatic rings. The Labute approximate surface area is 116 Å². The average molecular weight is 382 g/mol. The third-order valence-electron chi connectivity index (χ3n) is 0. The summed E-state index contributed by atoms with van der Waals surface area (Å²) in [6.45, 7) is 0. The minimum atomic E-state index is -5.39. The zero-order valence-electron chi connectivity index (χ0n) is 3.60. The molecule has 4 nitrogen and oxygen atoms in total. The van der Waals surface area contributed by atoms with Crippen LogP contribution in [0.25, 0.3) is 0 Å². The molecule has 0 spiro atoms. The Morgan fingerprint density at radius 3 is 1.12 bits per heavy atom. The van der Waals surface area contributed by atoms with Crippen LogP contribution in [0, 0.1) is 0 Å². The predicted molar refractivity (Wildman–Crippen MR) is 13.4 cm³/mol. The minimum absolute atomic E-state index is 0. The number of hydrogen-bond donors (Lipinski definition) is 0. The summed E-state index contributed by atoms with van der Waals surface area (Å²) in [4.78, 5) is 25.6. The molecule has 0 aromatic heterocycles. The second-order valence-corrected chi connectivity index (χ2v) is 1.34. The molecular weight excluding hydrogens is 382 g/mol. The molecule has 0 saturated heterocycles. The van der Waals surface area contributed by atoms with Crippen molar-refractivity contribution in [3.05, 3.63) is 0 Å². The predicted octanol–water partition coefficient (Wildman–Crippen LogP) is -3.21. The van der Waals surface area contributed by atoms with Gasteiger partial charge in [-0.05, 0) is 0 Å². The van der Waals surface area contributed by atoms with E-state index in [9.17, 15) is 0 Å². The molecule has 0 atom stereocenters. The van der Waals surface area contributed by atoms with Gasteiger partial charge in [0.1, 0.15) is 0 Å². The Balaban J connectivity index is -0.0000000267. The second-order valence-electron chi connectivity index (χ2n) is 0.447. The van der Waals surface area contributed by atoms with Crippen molar-refractivity contribution in [2.24, 2.45) is 0 Å². The molecule has 0 fully saturated rings. The van der Waals surface area contributed by atoms with Crippen LogP contribution in [0.1, 0.15) is 0 Å². The van der Waals surface area contributed by atoms with Crippen molar-refractivity contribution >= 4 is 56.7 Å². The van der Waals surface area contributed by atoms with E-state index in [0.29, 0.717) is 0 Å². The van der Waals surface area contributed by atoms with E-state index in [-0.39, 0.29) is 91.6 Å². The van der Waals surface area contributed by atoms with Gasteiger partial charge in [-0.2, -0.15) is 7.82 Å². The Hall–Kier alpha value is 3.06. The number of phosphoric acid groups is 1.